The lowest BCUT2D eigenvalue weighted by Gasteiger charge is -2.07. The van der Waals surface area contributed by atoms with Gasteiger partial charge in [0.15, 0.2) is 16.4 Å². The number of amides is 1. The molecule has 0 aliphatic heterocycles. The van der Waals surface area contributed by atoms with Crippen molar-refractivity contribution in [2.75, 3.05) is 13.2 Å². The number of fused-ring (bicyclic) bond motifs is 2. The molecular weight excluding hydrogens is 474 g/mol. The Balaban J connectivity index is 1.10. The summed E-state index contributed by atoms with van der Waals surface area (Å²) in [6.45, 7) is 2.53. The van der Waals surface area contributed by atoms with Gasteiger partial charge in [-0.3, -0.25) is 9.20 Å². The topological polar surface area (TPSA) is 98.7 Å². The van der Waals surface area contributed by atoms with Crippen LogP contribution in [-0.4, -0.2) is 48.3 Å². The SMILES string of the molecule is Cc1c(C(=O)NCCOc2ccc3nnc(-c4ccccc4)n3n2)sc2nc(-c3ccccc3)cn12. The van der Waals surface area contributed by atoms with Gasteiger partial charge in [-0.2, -0.15) is 4.52 Å². The first-order chi connectivity index (χ1) is 17.7. The number of carbonyl (C=O) groups is 1. The van der Waals surface area contributed by atoms with Crippen LogP contribution in [0.25, 0.3) is 33.3 Å². The Morgan fingerprint density at radius 1 is 0.972 bits per heavy atom. The summed E-state index contributed by atoms with van der Waals surface area (Å²) >= 11 is 1.37. The maximum atomic E-state index is 12.8. The third kappa shape index (κ3) is 4.07. The van der Waals surface area contributed by atoms with Gasteiger partial charge in [0.25, 0.3) is 5.91 Å². The van der Waals surface area contributed by atoms with Crippen LogP contribution < -0.4 is 10.1 Å². The minimum Gasteiger partial charge on any atom is -0.475 e. The van der Waals surface area contributed by atoms with E-state index in [1.807, 2.05) is 78.2 Å². The van der Waals surface area contributed by atoms with E-state index in [1.54, 1.807) is 16.6 Å². The highest BCUT2D eigenvalue weighted by molar-refractivity contribution is 7.19. The molecule has 0 spiro atoms. The van der Waals surface area contributed by atoms with Crippen LogP contribution in [0.1, 0.15) is 15.4 Å². The first kappa shape index (κ1) is 21.9. The number of aryl methyl sites for hydroxylation is 1. The quantitative estimate of drug-likeness (QED) is 0.332. The number of rotatable bonds is 7. The second kappa shape index (κ2) is 9.23. The van der Waals surface area contributed by atoms with E-state index in [4.69, 9.17) is 4.74 Å². The molecule has 36 heavy (non-hydrogen) atoms. The van der Waals surface area contributed by atoms with Gasteiger partial charge in [-0.05, 0) is 13.0 Å². The normalized spacial score (nSPS) is 11.2. The van der Waals surface area contributed by atoms with Crippen molar-refractivity contribution >= 4 is 27.9 Å². The van der Waals surface area contributed by atoms with E-state index in [0.29, 0.717) is 28.8 Å². The van der Waals surface area contributed by atoms with Crippen LogP contribution in [0.5, 0.6) is 5.88 Å². The lowest BCUT2D eigenvalue weighted by atomic mass is 10.2. The van der Waals surface area contributed by atoms with E-state index < -0.39 is 0 Å². The predicted octanol–water partition coefficient (Wildman–Crippen LogP) is 4.28. The largest absolute Gasteiger partial charge is 0.475 e. The summed E-state index contributed by atoms with van der Waals surface area (Å²) < 4.78 is 9.39. The molecule has 6 rings (SSSR count). The van der Waals surface area contributed by atoms with Crippen molar-refractivity contribution in [2.24, 2.45) is 0 Å². The van der Waals surface area contributed by atoms with Gasteiger partial charge in [0, 0.05) is 29.1 Å². The average molecular weight is 496 g/mol. The van der Waals surface area contributed by atoms with Crippen LogP contribution in [0.2, 0.25) is 0 Å². The summed E-state index contributed by atoms with van der Waals surface area (Å²) in [6.07, 6.45) is 1.97. The molecule has 1 amide bonds. The van der Waals surface area contributed by atoms with Gasteiger partial charge in [0.2, 0.25) is 5.88 Å². The van der Waals surface area contributed by atoms with Crippen LogP contribution in [0.3, 0.4) is 0 Å². The molecule has 1 N–H and O–H groups in total. The van der Waals surface area contributed by atoms with Gasteiger partial charge in [-0.15, -0.1) is 15.3 Å². The Kier molecular flexibility index (Phi) is 5.62. The fourth-order valence-electron chi connectivity index (χ4n) is 3.93. The highest BCUT2D eigenvalue weighted by Crippen LogP contribution is 2.27. The smallest absolute Gasteiger partial charge is 0.263 e. The Hall–Kier alpha value is -4.57. The monoisotopic (exact) mass is 495 g/mol. The molecule has 0 unspecified atom stereocenters. The molecule has 0 bridgehead atoms. The number of thiazole rings is 1. The molecule has 0 aliphatic rings. The lowest BCUT2D eigenvalue weighted by Crippen LogP contribution is -2.28. The first-order valence-corrected chi connectivity index (χ1v) is 12.2. The summed E-state index contributed by atoms with van der Waals surface area (Å²) in [5.41, 5.74) is 4.33. The molecule has 0 aliphatic carbocycles. The highest BCUT2D eigenvalue weighted by Gasteiger charge is 2.18. The Morgan fingerprint density at radius 2 is 1.72 bits per heavy atom. The van der Waals surface area contributed by atoms with Crippen molar-refractivity contribution in [2.45, 2.75) is 6.92 Å². The second-order valence-electron chi connectivity index (χ2n) is 8.10. The fraction of sp³-hybridized carbons (Fsp3) is 0.115. The number of imidazole rings is 1. The zero-order chi connectivity index (χ0) is 24.5. The molecule has 2 aromatic carbocycles. The highest BCUT2D eigenvalue weighted by atomic mass is 32.1. The Bertz CT molecular complexity index is 1670. The van der Waals surface area contributed by atoms with Crippen LogP contribution >= 0.6 is 11.3 Å². The molecule has 6 aromatic rings. The lowest BCUT2D eigenvalue weighted by molar-refractivity contribution is 0.0949. The summed E-state index contributed by atoms with van der Waals surface area (Å²) in [5.74, 6) is 0.910. The Morgan fingerprint density at radius 3 is 2.47 bits per heavy atom. The van der Waals surface area contributed by atoms with E-state index in [2.05, 4.69) is 25.6 Å². The molecule has 0 saturated carbocycles. The molecule has 0 fully saturated rings. The van der Waals surface area contributed by atoms with Crippen molar-refractivity contribution < 1.29 is 9.53 Å². The van der Waals surface area contributed by atoms with E-state index in [-0.39, 0.29) is 12.5 Å². The third-order valence-corrected chi connectivity index (χ3v) is 6.90. The first-order valence-electron chi connectivity index (χ1n) is 11.4. The van der Waals surface area contributed by atoms with E-state index in [0.717, 1.165) is 27.5 Å². The number of benzene rings is 2. The number of nitrogens with one attached hydrogen (secondary N) is 1. The molecule has 0 atom stereocenters. The van der Waals surface area contributed by atoms with Crippen LogP contribution in [0, 0.1) is 6.92 Å². The molecule has 10 heteroatoms. The average Bonchev–Trinajstić information content (AvgIpc) is 3.61. The number of aromatic nitrogens is 6. The summed E-state index contributed by atoms with van der Waals surface area (Å²) in [7, 11) is 0. The van der Waals surface area contributed by atoms with E-state index in [1.165, 1.54) is 11.3 Å². The van der Waals surface area contributed by atoms with Crippen molar-refractivity contribution in [1.29, 1.82) is 0 Å². The molecule has 4 aromatic heterocycles. The van der Waals surface area contributed by atoms with E-state index in [9.17, 15) is 4.79 Å². The molecule has 0 saturated heterocycles. The number of carbonyl (C=O) groups excluding carboxylic acids is 1. The predicted molar refractivity (Wildman–Crippen MR) is 137 cm³/mol. The molecule has 0 radical (unpaired) electrons. The summed E-state index contributed by atoms with van der Waals surface area (Å²) in [4.78, 5) is 18.9. The zero-order valence-corrected chi connectivity index (χ0v) is 20.1. The van der Waals surface area contributed by atoms with Crippen LogP contribution in [-0.2, 0) is 0 Å². The minimum absolute atomic E-state index is 0.151. The zero-order valence-electron chi connectivity index (χ0n) is 19.3. The van der Waals surface area contributed by atoms with Crippen molar-refractivity contribution in [3.63, 3.8) is 0 Å². The molecule has 9 nitrogen and oxygen atoms in total. The van der Waals surface area contributed by atoms with Crippen LogP contribution in [0.15, 0.2) is 79.0 Å². The molecule has 4 heterocycles. The molecular formula is C26H21N7O2S. The van der Waals surface area contributed by atoms with Gasteiger partial charge in [0.05, 0.1) is 12.2 Å². The summed E-state index contributed by atoms with van der Waals surface area (Å²) in [5, 5.41) is 15.8. The van der Waals surface area contributed by atoms with Gasteiger partial charge in [-0.1, -0.05) is 72.0 Å². The van der Waals surface area contributed by atoms with Gasteiger partial charge < -0.3 is 10.1 Å². The molecule has 178 valence electrons. The minimum atomic E-state index is -0.151. The van der Waals surface area contributed by atoms with Crippen molar-refractivity contribution in [3.8, 4) is 28.5 Å². The second-order valence-corrected chi connectivity index (χ2v) is 9.07. The van der Waals surface area contributed by atoms with Crippen molar-refractivity contribution in [3.05, 3.63) is 89.6 Å². The maximum absolute atomic E-state index is 12.8. The van der Waals surface area contributed by atoms with Crippen molar-refractivity contribution in [1.82, 2.24) is 34.5 Å². The standard InChI is InChI=1S/C26H21N7O2S/c1-17-23(36-26-28-20(16-32(17)26)18-8-4-2-5-9-18)25(34)27-14-15-35-22-13-12-21-29-30-24(33(21)31-22)19-10-6-3-7-11-19/h2-13,16H,14-15H2,1H3,(H,27,34). The van der Waals surface area contributed by atoms with Gasteiger partial charge in [0.1, 0.15) is 11.5 Å². The number of ether oxygens (including phenoxy) is 1. The summed E-state index contributed by atoms with van der Waals surface area (Å²) in [6, 6.07) is 23.3. The van der Waals surface area contributed by atoms with Gasteiger partial charge >= 0.3 is 0 Å². The van der Waals surface area contributed by atoms with Crippen LogP contribution in [0.4, 0.5) is 0 Å². The maximum Gasteiger partial charge on any atom is 0.263 e. The number of hydrogen-bond acceptors (Lipinski definition) is 7. The fourth-order valence-corrected chi connectivity index (χ4v) is 4.95. The Labute approximate surface area is 210 Å². The van der Waals surface area contributed by atoms with E-state index >= 15 is 0 Å². The third-order valence-electron chi connectivity index (χ3n) is 5.74. The van der Waals surface area contributed by atoms with Gasteiger partial charge in [-0.25, -0.2) is 4.98 Å². The number of nitrogens with zero attached hydrogens (tertiary/aromatic N) is 6. The number of hydrogen-bond donors (Lipinski definition) is 1.